The summed E-state index contributed by atoms with van der Waals surface area (Å²) < 4.78 is 6.46. The van der Waals surface area contributed by atoms with Gasteiger partial charge in [0.05, 0.1) is 12.7 Å². The topological polar surface area (TPSA) is 32.6 Å². The molecular formula is C21H23N6+. The second kappa shape index (κ2) is 5.61. The third kappa shape index (κ3) is 2.13. The summed E-state index contributed by atoms with van der Waals surface area (Å²) in [5.74, 6) is 2.10. The molecule has 0 radical (unpaired) electrons. The molecular weight excluding hydrogens is 336 g/mol. The summed E-state index contributed by atoms with van der Waals surface area (Å²) in [5.41, 5.74) is 4.78. The number of rotatable bonds is 2. The lowest BCUT2D eigenvalue weighted by Gasteiger charge is -2.22. The van der Waals surface area contributed by atoms with Gasteiger partial charge in [-0.3, -0.25) is 4.40 Å². The van der Waals surface area contributed by atoms with Crippen molar-refractivity contribution in [2.45, 2.75) is 13.1 Å². The first-order chi connectivity index (χ1) is 13.1. The Bertz CT molecular complexity index is 1150. The Morgan fingerprint density at radius 2 is 1.78 bits per heavy atom. The van der Waals surface area contributed by atoms with E-state index in [1.165, 1.54) is 11.4 Å². The van der Waals surface area contributed by atoms with E-state index >= 15 is 0 Å². The molecule has 27 heavy (non-hydrogen) atoms. The molecule has 3 aromatic heterocycles. The Balaban J connectivity index is 1.68. The highest BCUT2D eigenvalue weighted by Crippen LogP contribution is 2.42. The Kier molecular flexibility index (Phi) is 3.31. The van der Waals surface area contributed by atoms with Gasteiger partial charge in [-0.25, -0.2) is 14.5 Å². The van der Waals surface area contributed by atoms with Gasteiger partial charge in [0.2, 0.25) is 5.78 Å². The second-order valence-electron chi connectivity index (χ2n) is 7.14. The minimum Gasteiger partial charge on any atom is -0.333 e. The van der Waals surface area contributed by atoms with Gasteiger partial charge >= 0.3 is 0 Å². The highest BCUT2D eigenvalue weighted by atomic mass is 15.4. The summed E-state index contributed by atoms with van der Waals surface area (Å²) in [6.07, 6.45) is 6.19. The maximum atomic E-state index is 4.45. The lowest BCUT2D eigenvalue weighted by atomic mass is 10.2. The highest BCUT2D eigenvalue weighted by Gasteiger charge is 2.39. The van der Waals surface area contributed by atoms with E-state index in [-0.39, 0.29) is 6.17 Å². The molecule has 0 fully saturated rings. The minimum atomic E-state index is 0.245. The van der Waals surface area contributed by atoms with Crippen molar-refractivity contribution in [3.05, 3.63) is 61.1 Å². The highest BCUT2D eigenvalue weighted by molar-refractivity contribution is 5.81. The molecule has 0 saturated carbocycles. The van der Waals surface area contributed by atoms with E-state index in [4.69, 9.17) is 0 Å². The molecule has 1 aliphatic heterocycles. The number of anilines is 3. The molecule has 5 rings (SSSR count). The Morgan fingerprint density at radius 3 is 2.56 bits per heavy atom. The summed E-state index contributed by atoms with van der Waals surface area (Å²) in [6, 6.07) is 15.1. The van der Waals surface area contributed by atoms with Crippen LogP contribution in [-0.2, 0) is 14.1 Å². The average molecular weight is 359 g/mol. The van der Waals surface area contributed by atoms with Crippen molar-refractivity contribution >= 4 is 23.0 Å². The largest absolute Gasteiger partial charge is 0.333 e. The van der Waals surface area contributed by atoms with E-state index in [0.29, 0.717) is 0 Å². The van der Waals surface area contributed by atoms with Gasteiger partial charge in [0.15, 0.2) is 17.5 Å². The third-order valence-electron chi connectivity index (χ3n) is 5.74. The van der Waals surface area contributed by atoms with E-state index in [9.17, 15) is 0 Å². The van der Waals surface area contributed by atoms with E-state index < -0.39 is 0 Å². The molecule has 6 nitrogen and oxygen atoms in total. The number of nitrogens with zero attached hydrogens (tertiary/aromatic N) is 6. The first-order valence-corrected chi connectivity index (χ1v) is 9.17. The van der Waals surface area contributed by atoms with Crippen LogP contribution in [-0.4, -0.2) is 27.2 Å². The monoisotopic (exact) mass is 359 g/mol. The summed E-state index contributed by atoms with van der Waals surface area (Å²) >= 11 is 0. The van der Waals surface area contributed by atoms with Crippen LogP contribution in [0.5, 0.6) is 0 Å². The van der Waals surface area contributed by atoms with Crippen LogP contribution in [0, 0.1) is 0 Å². The maximum absolute atomic E-state index is 4.45. The number of pyridine rings is 1. The van der Waals surface area contributed by atoms with Crippen LogP contribution in [0.2, 0.25) is 0 Å². The molecule has 0 spiro atoms. The summed E-state index contributed by atoms with van der Waals surface area (Å²) in [7, 11) is 6.35. The molecule has 136 valence electrons. The quantitative estimate of drug-likeness (QED) is 0.516. The van der Waals surface area contributed by atoms with Crippen LogP contribution < -0.4 is 14.4 Å². The van der Waals surface area contributed by atoms with Crippen LogP contribution >= 0.6 is 0 Å². The molecule has 4 heterocycles. The van der Waals surface area contributed by atoms with Gasteiger partial charge < -0.3 is 9.47 Å². The van der Waals surface area contributed by atoms with Gasteiger partial charge in [0.1, 0.15) is 5.69 Å². The fourth-order valence-corrected chi connectivity index (χ4v) is 4.16. The Morgan fingerprint density at radius 1 is 1.00 bits per heavy atom. The smallest absolute Gasteiger partial charge is 0.283 e. The molecule has 1 atom stereocenters. The van der Waals surface area contributed by atoms with Gasteiger partial charge in [-0.05, 0) is 31.2 Å². The molecule has 0 amide bonds. The number of hydrogen-bond donors (Lipinski definition) is 0. The number of fused-ring (bicyclic) bond motifs is 2. The SMILES string of the molecule is C[C@H]1N(C)c2ccccc2N1c1cccc(-c2cn3ccnc3n2C)[n+]1C. The molecule has 6 heteroatoms. The molecule has 0 aliphatic carbocycles. The number of aromatic nitrogens is 4. The Labute approximate surface area is 158 Å². The molecule has 1 aliphatic rings. The van der Waals surface area contributed by atoms with Gasteiger partial charge in [-0.15, -0.1) is 0 Å². The summed E-state index contributed by atoms with van der Waals surface area (Å²) in [5, 5.41) is 0. The molecule has 0 N–H and O–H groups in total. The van der Waals surface area contributed by atoms with Gasteiger partial charge in [0.25, 0.3) is 5.82 Å². The van der Waals surface area contributed by atoms with Crippen molar-refractivity contribution in [1.82, 2.24) is 14.0 Å². The van der Waals surface area contributed by atoms with Crippen molar-refractivity contribution in [2.24, 2.45) is 14.1 Å². The average Bonchev–Trinajstić information content (AvgIpc) is 3.32. The second-order valence-corrected chi connectivity index (χ2v) is 7.14. The fourth-order valence-electron chi connectivity index (χ4n) is 4.16. The van der Waals surface area contributed by atoms with Crippen LogP contribution in [0.25, 0.3) is 17.2 Å². The summed E-state index contributed by atoms with van der Waals surface area (Å²) in [4.78, 5) is 9.16. The van der Waals surface area contributed by atoms with Crippen molar-refractivity contribution in [3.8, 4) is 11.4 Å². The predicted molar refractivity (Wildman–Crippen MR) is 107 cm³/mol. The number of aryl methyl sites for hydroxylation is 1. The number of imidazole rings is 2. The van der Waals surface area contributed by atoms with E-state index in [0.717, 1.165) is 23.0 Å². The van der Waals surface area contributed by atoms with Gasteiger partial charge in [0, 0.05) is 38.8 Å². The molecule has 0 saturated heterocycles. The van der Waals surface area contributed by atoms with E-state index in [2.05, 4.69) is 105 Å². The number of benzene rings is 1. The van der Waals surface area contributed by atoms with Crippen molar-refractivity contribution < 1.29 is 4.57 Å². The van der Waals surface area contributed by atoms with Crippen LogP contribution in [0.3, 0.4) is 0 Å². The van der Waals surface area contributed by atoms with Crippen molar-refractivity contribution in [1.29, 1.82) is 0 Å². The van der Waals surface area contributed by atoms with E-state index in [1.54, 1.807) is 0 Å². The van der Waals surface area contributed by atoms with Crippen molar-refractivity contribution in [2.75, 3.05) is 16.8 Å². The lowest BCUT2D eigenvalue weighted by Crippen LogP contribution is -2.44. The standard InChI is InChI=1S/C21H23N6/c1-15-23(2)16-8-5-6-9-18(16)27(15)20-11-7-10-17(24(20)3)19-14-26-13-12-22-21(26)25(19)4/h5-15H,1-4H3/q+1/t15-/m0/s1. The summed E-state index contributed by atoms with van der Waals surface area (Å²) in [6.45, 7) is 2.24. The zero-order valence-electron chi connectivity index (χ0n) is 16.0. The third-order valence-corrected chi connectivity index (χ3v) is 5.74. The van der Waals surface area contributed by atoms with Gasteiger partial charge in [-0.2, -0.15) is 0 Å². The minimum absolute atomic E-state index is 0.245. The lowest BCUT2D eigenvalue weighted by molar-refractivity contribution is -0.647. The van der Waals surface area contributed by atoms with Gasteiger partial charge in [-0.1, -0.05) is 12.1 Å². The predicted octanol–water partition coefficient (Wildman–Crippen LogP) is 3.10. The normalized spacial score (nSPS) is 16.4. The molecule has 1 aromatic carbocycles. The zero-order chi connectivity index (χ0) is 18.7. The number of hydrogen-bond acceptors (Lipinski definition) is 3. The van der Waals surface area contributed by atoms with Crippen LogP contribution in [0.4, 0.5) is 17.2 Å². The molecule has 4 aromatic rings. The number of para-hydroxylation sites is 2. The molecule has 0 unspecified atom stereocenters. The Hall–Kier alpha value is -3.28. The fraction of sp³-hybridized carbons (Fsp3) is 0.238. The first-order valence-electron chi connectivity index (χ1n) is 9.17. The maximum Gasteiger partial charge on any atom is 0.283 e. The van der Waals surface area contributed by atoms with Crippen LogP contribution in [0.15, 0.2) is 61.1 Å². The van der Waals surface area contributed by atoms with Crippen molar-refractivity contribution in [3.63, 3.8) is 0 Å². The van der Waals surface area contributed by atoms with E-state index in [1.807, 2.05) is 12.4 Å². The molecule has 0 bridgehead atoms. The van der Waals surface area contributed by atoms with Crippen LogP contribution in [0.1, 0.15) is 6.92 Å². The zero-order valence-corrected chi connectivity index (χ0v) is 16.0. The first kappa shape index (κ1) is 15.9.